The van der Waals surface area contributed by atoms with Gasteiger partial charge in [0.25, 0.3) is 5.91 Å². The third-order valence-electron chi connectivity index (χ3n) is 3.78. The van der Waals surface area contributed by atoms with Crippen molar-refractivity contribution in [2.24, 2.45) is 4.99 Å². The Labute approximate surface area is 152 Å². The van der Waals surface area contributed by atoms with E-state index in [2.05, 4.69) is 4.99 Å². The molecule has 1 aromatic heterocycles. The number of nitrogens with zero attached hydrogens (tertiary/aromatic N) is 2. The topological polar surface area (TPSA) is 71.7 Å². The average Bonchev–Trinajstić information content (AvgIpc) is 2.93. The summed E-state index contributed by atoms with van der Waals surface area (Å²) in [6.07, 6.45) is 0. The van der Waals surface area contributed by atoms with Crippen molar-refractivity contribution in [1.82, 2.24) is 4.57 Å². The van der Waals surface area contributed by atoms with Crippen LogP contribution in [0.2, 0.25) is 0 Å². The number of amides is 1. The van der Waals surface area contributed by atoms with Crippen LogP contribution in [0.4, 0.5) is 17.6 Å². The minimum Gasteiger partial charge on any atom is -0.480 e. The molecule has 0 bridgehead atoms. The van der Waals surface area contributed by atoms with Crippen molar-refractivity contribution < 1.29 is 32.3 Å². The fourth-order valence-electron chi connectivity index (χ4n) is 2.38. The van der Waals surface area contributed by atoms with Crippen LogP contribution in [0, 0.1) is 23.3 Å². The first-order chi connectivity index (χ1) is 12.7. The molecule has 0 aliphatic rings. The zero-order valence-corrected chi connectivity index (χ0v) is 14.4. The Hall–Kier alpha value is -3.01. The Bertz CT molecular complexity index is 1150. The summed E-state index contributed by atoms with van der Waals surface area (Å²) in [6.45, 7) is 1.27. The zero-order chi connectivity index (χ0) is 19.9. The van der Waals surface area contributed by atoms with Gasteiger partial charge in [0.15, 0.2) is 28.1 Å². The first kappa shape index (κ1) is 18.8. The number of fused-ring (bicyclic) bond motifs is 1. The molecule has 5 nitrogen and oxygen atoms in total. The molecular formula is C17H10F4N2O3S. The van der Waals surface area contributed by atoms with Gasteiger partial charge in [0.05, 0.1) is 10.2 Å². The third-order valence-corrected chi connectivity index (χ3v) is 4.79. The van der Waals surface area contributed by atoms with Crippen molar-refractivity contribution in [2.45, 2.75) is 13.0 Å². The Morgan fingerprint density at radius 1 is 1.04 bits per heavy atom. The molecule has 140 valence electrons. The fraction of sp³-hybridized carbons (Fsp3) is 0.118. The quantitative estimate of drug-likeness (QED) is 0.685. The number of hydrogen-bond acceptors (Lipinski definition) is 3. The second-order valence-electron chi connectivity index (χ2n) is 5.55. The number of carboxylic acid groups (broad SMARTS) is 1. The van der Waals surface area contributed by atoms with Gasteiger partial charge in [-0.1, -0.05) is 11.3 Å². The minimum atomic E-state index is -1.29. The van der Waals surface area contributed by atoms with Gasteiger partial charge in [0, 0.05) is 11.6 Å². The molecule has 1 heterocycles. The lowest BCUT2D eigenvalue weighted by Crippen LogP contribution is -2.25. The Morgan fingerprint density at radius 2 is 1.67 bits per heavy atom. The summed E-state index contributed by atoms with van der Waals surface area (Å²) in [5.41, 5.74) is -0.233. The summed E-state index contributed by atoms with van der Waals surface area (Å²) in [5, 5.41) is 9.28. The summed E-state index contributed by atoms with van der Waals surface area (Å²) >= 11 is 0.760. The van der Waals surface area contributed by atoms with Gasteiger partial charge in [-0.2, -0.15) is 4.99 Å². The molecule has 10 heteroatoms. The van der Waals surface area contributed by atoms with E-state index in [1.807, 2.05) is 0 Å². The van der Waals surface area contributed by atoms with E-state index in [-0.39, 0.29) is 20.6 Å². The first-order valence-corrected chi connectivity index (χ1v) is 8.27. The number of carbonyl (C=O) groups excluding carboxylic acids is 1. The second kappa shape index (κ2) is 6.95. The van der Waals surface area contributed by atoms with Crippen LogP contribution in [0.3, 0.4) is 0 Å². The van der Waals surface area contributed by atoms with Crippen LogP contribution < -0.4 is 4.80 Å². The van der Waals surface area contributed by atoms with E-state index in [0.717, 1.165) is 40.2 Å². The molecule has 0 aliphatic carbocycles. The van der Waals surface area contributed by atoms with Crippen molar-refractivity contribution >= 4 is 33.4 Å². The number of hydrogen-bond donors (Lipinski definition) is 1. The van der Waals surface area contributed by atoms with E-state index in [9.17, 15) is 32.3 Å². The molecule has 1 atom stereocenters. The summed E-state index contributed by atoms with van der Waals surface area (Å²) < 4.78 is 54.6. The van der Waals surface area contributed by atoms with Crippen LogP contribution >= 0.6 is 11.3 Å². The predicted octanol–water partition coefficient (Wildman–Crippen LogP) is 3.65. The monoisotopic (exact) mass is 398 g/mol. The van der Waals surface area contributed by atoms with Crippen molar-refractivity contribution in [3.63, 3.8) is 0 Å². The first-order valence-electron chi connectivity index (χ1n) is 7.46. The molecule has 2 aromatic carbocycles. The Kier molecular flexibility index (Phi) is 4.83. The normalized spacial score (nSPS) is 13.1. The lowest BCUT2D eigenvalue weighted by molar-refractivity contribution is -0.140. The largest absolute Gasteiger partial charge is 0.480 e. The molecule has 0 saturated heterocycles. The number of aliphatic carboxylic acids is 1. The molecule has 0 spiro atoms. The molecule has 1 unspecified atom stereocenters. The lowest BCUT2D eigenvalue weighted by Gasteiger charge is -2.10. The molecule has 0 aliphatic heterocycles. The van der Waals surface area contributed by atoms with Crippen molar-refractivity contribution in [1.29, 1.82) is 0 Å². The van der Waals surface area contributed by atoms with Gasteiger partial charge in [0.2, 0.25) is 0 Å². The number of benzene rings is 2. The van der Waals surface area contributed by atoms with Crippen molar-refractivity contribution in [2.75, 3.05) is 0 Å². The summed E-state index contributed by atoms with van der Waals surface area (Å²) in [7, 11) is 0. The number of halogens is 4. The van der Waals surface area contributed by atoms with Crippen LogP contribution in [0.15, 0.2) is 35.3 Å². The SMILES string of the molecule is CC(C(=O)O)n1c(=NC(=O)c2ccc(F)c(F)c2)sc2cc(F)c(F)cc21. The maximum absolute atomic E-state index is 13.6. The zero-order valence-electron chi connectivity index (χ0n) is 13.5. The number of carbonyl (C=O) groups is 2. The number of carboxylic acids is 1. The van der Waals surface area contributed by atoms with Gasteiger partial charge in [-0.15, -0.1) is 0 Å². The predicted molar refractivity (Wildman–Crippen MR) is 88.3 cm³/mol. The highest BCUT2D eigenvalue weighted by molar-refractivity contribution is 7.16. The molecule has 0 saturated carbocycles. The van der Waals surface area contributed by atoms with Crippen molar-refractivity contribution in [3.8, 4) is 0 Å². The standard InChI is InChI=1S/C17H10F4N2O3S/c1-7(16(25)26)23-13-5-11(20)12(21)6-14(13)27-17(23)22-15(24)8-2-3-9(18)10(19)4-8/h2-7H,1H3,(H,25,26). The maximum Gasteiger partial charge on any atom is 0.326 e. The van der Waals surface area contributed by atoms with E-state index in [4.69, 9.17) is 0 Å². The van der Waals surface area contributed by atoms with Crippen LogP contribution in [0.25, 0.3) is 10.2 Å². The van der Waals surface area contributed by atoms with E-state index in [0.29, 0.717) is 6.07 Å². The lowest BCUT2D eigenvalue weighted by atomic mass is 10.2. The second-order valence-corrected chi connectivity index (χ2v) is 6.56. The van der Waals surface area contributed by atoms with Crippen LogP contribution in [-0.2, 0) is 4.79 Å². The van der Waals surface area contributed by atoms with Gasteiger partial charge < -0.3 is 9.67 Å². The maximum atomic E-state index is 13.6. The molecule has 1 amide bonds. The third kappa shape index (κ3) is 3.47. The minimum absolute atomic E-state index is 0.0330. The molecular weight excluding hydrogens is 388 g/mol. The van der Waals surface area contributed by atoms with Crippen molar-refractivity contribution in [3.05, 3.63) is 64.0 Å². The van der Waals surface area contributed by atoms with Crippen LogP contribution in [0.5, 0.6) is 0 Å². The Balaban J connectivity index is 2.24. The van der Waals surface area contributed by atoms with Gasteiger partial charge >= 0.3 is 5.97 Å². The molecule has 3 aromatic rings. The van der Waals surface area contributed by atoms with E-state index < -0.39 is 41.2 Å². The van der Waals surface area contributed by atoms with E-state index >= 15 is 0 Å². The summed E-state index contributed by atoms with van der Waals surface area (Å²) in [5.74, 6) is -6.98. The van der Waals surface area contributed by atoms with E-state index in [1.54, 1.807) is 0 Å². The highest BCUT2D eigenvalue weighted by Gasteiger charge is 2.21. The number of aromatic nitrogens is 1. The number of thiazole rings is 1. The smallest absolute Gasteiger partial charge is 0.326 e. The fourth-order valence-corrected chi connectivity index (χ4v) is 3.48. The molecule has 0 radical (unpaired) electrons. The van der Waals surface area contributed by atoms with Crippen LogP contribution in [0.1, 0.15) is 23.3 Å². The van der Waals surface area contributed by atoms with Crippen LogP contribution in [-0.4, -0.2) is 21.6 Å². The van der Waals surface area contributed by atoms with Gasteiger partial charge in [0.1, 0.15) is 6.04 Å². The number of rotatable bonds is 3. The molecule has 1 N–H and O–H groups in total. The highest BCUT2D eigenvalue weighted by atomic mass is 32.1. The molecule has 27 heavy (non-hydrogen) atoms. The Morgan fingerprint density at radius 3 is 2.30 bits per heavy atom. The molecule has 0 fully saturated rings. The summed E-state index contributed by atoms with van der Waals surface area (Å²) in [4.78, 5) is 27.2. The van der Waals surface area contributed by atoms with Gasteiger partial charge in [-0.05, 0) is 31.2 Å². The highest BCUT2D eigenvalue weighted by Crippen LogP contribution is 2.24. The average molecular weight is 398 g/mol. The van der Waals surface area contributed by atoms with Gasteiger partial charge in [-0.25, -0.2) is 22.4 Å². The van der Waals surface area contributed by atoms with Gasteiger partial charge in [-0.3, -0.25) is 4.79 Å². The summed E-state index contributed by atoms with van der Waals surface area (Å²) in [6, 6.07) is 2.84. The molecule has 3 rings (SSSR count). The van der Waals surface area contributed by atoms with E-state index in [1.165, 1.54) is 6.92 Å².